The summed E-state index contributed by atoms with van der Waals surface area (Å²) in [6, 6.07) is 17.3. The van der Waals surface area contributed by atoms with Crippen LogP contribution in [0.3, 0.4) is 0 Å². The van der Waals surface area contributed by atoms with Crippen molar-refractivity contribution in [1.82, 2.24) is 14.9 Å². The Kier molecular flexibility index (Phi) is 8.22. The molecule has 1 fully saturated rings. The number of nitrogens with one attached hydrogen (secondary N) is 2. The summed E-state index contributed by atoms with van der Waals surface area (Å²) in [4.78, 5) is 15.4. The number of carbonyl (C=O) groups excluding carboxylic acids is 1. The number of hydrogen-bond donors (Lipinski definition) is 2. The third-order valence-electron chi connectivity index (χ3n) is 6.23. The highest BCUT2D eigenvalue weighted by atomic mass is 32.2. The molecule has 1 amide bonds. The number of nitrogens with zero attached hydrogens (tertiary/aromatic N) is 1. The number of piperidine rings is 1. The minimum Gasteiger partial charge on any atom is -0.497 e. The predicted octanol–water partition coefficient (Wildman–Crippen LogP) is 3.72. The Morgan fingerprint density at radius 3 is 2.37 bits per heavy atom. The van der Waals surface area contributed by atoms with E-state index in [0.29, 0.717) is 17.9 Å². The van der Waals surface area contributed by atoms with E-state index in [1.165, 1.54) is 36.9 Å². The second-order valence-electron chi connectivity index (χ2n) is 8.52. The van der Waals surface area contributed by atoms with Gasteiger partial charge in [-0.05, 0) is 80.0 Å². The van der Waals surface area contributed by atoms with Crippen LogP contribution in [0, 0.1) is 0 Å². The number of carbonyl (C=O) groups is 1. The SMILES string of the molecule is COc1ccc(C(CNC(=O)c2ccc(S(=O)(=O)NCc3ccco3)cc2)N2CCCCC2)cc1. The van der Waals surface area contributed by atoms with Crippen LogP contribution in [0.25, 0.3) is 0 Å². The van der Waals surface area contributed by atoms with Gasteiger partial charge in [0.05, 0.1) is 30.9 Å². The minimum atomic E-state index is -3.72. The molecule has 4 rings (SSSR count). The fraction of sp³-hybridized carbons (Fsp3) is 0.346. The molecule has 35 heavy (non-hydrogen) atoms. The lowest BCUT2D eigenvalue weighted by molar-refractivity contribution is 0.0924. The fourth-order valence-electron chi connectivity index (χ4n) is 4.25. The summed E-state index contributed by atoms with van der Waals surface area (Å²) < 4.78 is 38.0. The summed E-state index contributed by atoms with van der Waals surface area (Å²) in [6.45, 7) is 2.49. The summed E-state index contributed by atoms with van der Waals surface area (Å²) in [7, 11) is -2.08. The Hall–Kier alpha value is -3.14. The maximum atomic E-state index is 12.9. The summed E-state index contributed by atoms with van der Waals surface area (Å²) in [5, 5.41) is 3.04. The zero-order valence-corrected chi connectivity index (χ0v) is 20.6. The molecule has 186 valence electrons. The molecule has 1 atom stereocenters. The first kappa shape index (κ1) is 25.0. The zero-order chi connectivity index (χ0) is 24.7. The average molecular weight is 498 g/mol. The maximum absolute atomic E-state index is 12.9. The van der Waals surface area contributed by atoms with E-state index in [2.05, 4.69) is 14.9 Å². The first-order chi connectivity index (χ1) is 17.0. The summed E-state index contributed by atoms with van der Waals surface area (Å²) in [6.07, 6.45) is 5.00. The molecule has 2 heterocycles. The Labute approximate surface area is 206 Å². The van der Waals surface area contributed by atoms with Crippen LogP contribution in [0.15, 0.2) is 76.2 Å². The molecule has 2 aromatic carbocycles. The Morgan fingerprint density at radius 1 is 1.03 bits per heavy atom. The van der Waals surface area contributed by atoms with Crippen LogP contribution in [0.1, 0.15) is 47.0 Å². The molecule has 0 saturated carbocycles. The topological polar surface area (TPSA) is 101 Å². The summed E-state index contributed by atoms with van der Waals surface area (Å²) in [5.41, 5.74) is 1.53. The van der Waals surface area contributed by atoms with Crippen molar-refractivity contribution in [3.05, 3.63) is 83.8 Å². The van der Waals surface area contributed by atoms with Gasteiger partial charge in [0.25, 0.3) is 5.91 Å². The maximum Gasteiger partial charge on any atom is 0.251 e. The summed E-state index contributed by atoms with van der Waals surface area (Å²) >= 11 is 0. The lowest BCUT2D eigenvalue weighted by Crippen LogP contribution is -2.40. The molecule has 1 aromatic heterocycles. The van der Waals surface area contributed by atoms with Gasteiger partial charge in [0.1, 0.15) is 11.5 Å². The Balaban J connectivity index is 1.40. The highest BCUT2D eigenvalue weighted by Crippen LogP contribution is 2.26. The van der Waals surface area contributed by atoms with Crippen molar-refractivity contribution in [1.29, 1.82) is 0 Å². The molecular weight excluding hydrogens is 466 g/mol. The largest absolute Gasteiger partial charge is 0.497 e. The van der Waals surface area contributed by atoms with Gasteiger partial charge < -0.3 is 14.5 Å². The van der Waals surface area contributed by atoms with Crippen LogP contribution in [-0.4, -0.2) is 46.0 Å². The van der Waals surface area contributed by atoms with Gasteiger partial charge in [-0.25, -0.2) is 13.1 Å². The molecule has 0 bridgehead atoms. The number of furan rings is 1. The molecule has 0 aliphatic carbocycles. The molecule has 2 N–H and O–H groups in total. The number of methoxy groups -OCH3 is 1. The summed E-state index contributed by atoms with van der Waals surface area (Å²) in [5.74, 6) is 1.07. The molecule has 8 nitrogen and oxygen atoms in total. The van der Waals surface area contributed by atoms with E-state index in [-0.39, 0.29) is 23.4 Å². The molecule has 1 aliphatic heterocycles. The van der Waals surface area contributed by atoms with Crippen LogP contribution in [0.5, 0.6) is 5.75 Å². The minimum absolute atomic E-state index is 0.0515. The molecule has 1 aliphatic rings. The number of benzene rings is 2. The van der Waals surface area contributed by atoms with Gasteiger partial charge in [0, 0.05) is 12.1 Å². The van der Waals surface area contributed by atoms with Crippen LogP contribution >= 0.6 is 0 Å². The Morgan fingerprint density at radius 2 is 1.74 bits per heavy atom. The van der Waals surface area contributed by atoms with Gasteiger partial charge in [0.2, 0.25) is 10.0 Å². The number of sulfonamides is 1. The number of rotatable bonds is 10. The van der Waals surface area contributed by atoms with Crippen molar-refractivity contribution >= 4 is 15.9 Å². The van der Waals surface area contributed by atoms with Crippen molar-refractivity contribution in [2.45, 2.75) is 36.7 Å². The number of hydrogen-bond acceptors (Lipinski definition) is 6. The van der Waals surface area contributed by atoms with Crippen LogP contribution in [-0.2, 0) is 16.6 Å². The third-order valence-corrected chi connectivity index (χ3v) is 7.65. The van der Waals surface area contributed by atoms with Crippen molar-refractivity contribution < 1.29 is 22.4 Å². The third kappa shape index (κ3) is 6.50. The van der Waals surface area contributed by atoms with E-state index < -0.39 is 10.0 Å². The number of ether oxygens (including phenoxy) is 1. The van der Waals surface area contributed by atoms with Gasteiger partial charge in [-0.15, -0.1) is 0 Å². The second kappa shape index (κ2) is 11.5. The van der Waals surface area contributed by atoms with Crippen molar-refractivity contribution in [3.8, 4) is 5.75 Å². The first-order valence-corrected chi connectivity index (χ1v) is 13.2. The molecule has 9 heteroatoms. The quantitative estimate of drug-likeness (QED) is 0.443. The number of likely N-dealkylation sites (tertiary alicyclic amines) is 1. The van der Waals surface area contributed by atoms with Crippen molar-refractivity contribution in [3.63, 3.8) is 0 Å². The van der Waals surface area contributed by atoms with E-state index >= 15 is 0 Å². The van der Waals surface area contributed by atoms with Gasteiger partial charge in [0.15, 0.2) is 0 Å². The molecule has 1 unspecified atom stereocenters. The van der Waals surface area contributed by atoms with Gasteiger partial charge in [-0.3, -0.25) is 9.69 Å². The van der Waals surface area contributed by atoms with E-state index in [1.54, 1.807) is 19.2 Å². The lowest BCUT2D eigenvalue weighted by Gasteiger charge is -2.35. The van der Waals surface area contributed by atoms with E-state index in [0.717, 1.165) is 37.2 Å². The van der Waals surface area contributed by atoms with Crippen molar-refractivity contribution in [2.75, 3.05) is 26.7 Å². The molecule has 0 radical (unpaired) electrons. The molecule has 1 saturated heterocycles. The highest BCUT2D eigenvalue weighted by Gasteiger charge is 2.23. The first-order valence-electron chi connectivity index (χ1n) is 11.7. The highest BCUT2D eigenvalue weighted by molar-refractivity contribution is 7.89. The van der Waals surface area contributed by atoms with Crippen molar-refractivity contribution in [2.24, 2.45) is 0 Å². The monoisotopic (exact) mass is 497 g/mol. The standard InChI is InChI=1S/C26H31N3O5S/c1-33-22-11-7-20(8-12-22)25(29-15-3-2-4-16-29)19-27-26(30)21-9-13-24(14-10-21)35(31,32)28-18-23-6-5-17-34-23/h5-14,17,25,28H,2-4,15-16,18-19H2,1H3,(H,27,30). The molecular formula is C26H31N3O5S. The normalized spacial score (nSPS) is 15.5. The molecule has 3 aromatic rings. The van der Waals surface area contributed by atoms with E-state index in [9.17, 15) is 13.2 Å². The van der Waals surface area contributed by atoms with Crippen LogP contribution in [0.4, 0.5) is 0 Å². The smallest absolute Gasteiger partial charge is 0.251 e. The fourth-order valence-corrected chi connectivity index (χ4v) is 5.25. The van der Waals surface area contributed by atoms with Crippen LogP contribution < -0.4 is 14.8 Å². The zero-order valence-electron chi connectivity index (χ0n) is 19.8. The van der Waals surface area contributed by atoms with Crippen LogP contribution in [0.2, 0.25) is 0 Å². The number of amides is 1. The van der Waals surface area contributed by atoms with Gasteiger partial charge >= 0.3 is 0 Å². The average Bonchev–Trinajstić information content (AvgIpc) is 3.43. The Bertz CT molecular complexity index is 1190. The van der Waals surface area contributed by atoms with E-state index in [1.807, 2.05) is 24.3 Å². The van der Waals surface area contributed by atoms with Gasteiger partial charge in [-0.1, -0.05) is 18.6 Å². The van der Waals surface area contributed by atoms with E-state index in [4.69, 9.17) is 9.15 Å². The molecule has 0 spiro atoms. The second-order valence-corrected chi connectivity index (χ2v) is 10.3. The van der Waals surface area contributed by atoms with Gasteiger partial charge in [-0.2, -0.15) is 0 Å². The lowest BCUT2D eigenvalue weighted by atomic mass is 10.0. The predicted molar refractivity (Wildman–Crippen MR) is 133 cm³/mol.